The fourth-order valence-electron chi connectivity index (χ4n) is 2.36. The molecule has 1 aliphatic heterocycles. The zero-order valence-corrected chi connectivity index (χ0v) is 9.74. The van der Waals surface area contributed by atoms with Gasteiger partial charge in [-0.3, -0.25) is 9.88 Å². The first-order valence-electron chi connectivity index (χ1n) is 5.88. The minimum Gasteiger partial charge on any atom is -0.299 e. The van der Waals surface area contributed by atoms with Gasteiger partial charge in [0.1, 0.15) is 0 Å². The molecule has 0 spiro atoms. The summed E-state index contributed by atoms with van der Waals surface area (Å²) in [6.45, 7) is 8.02. The maximum Gasteiger partial charge on any atom is 0.0417 e. The van der Waals surface area contributed by atoms with Crippen molar-refractivity contribution in [2.24, 2.45) is 5.92 Å². The average molecular weight is 204 g/mol. The van der Waals surface area contributed by atoms with E-state index in [-0.39, 0.29) is 0 Å². The van der Waals surface area contributed by atoms with Crippen LogP contribution in [-0.2, 0) is 6.54 Å². The highest BCUT2D eigenvalue weighted by Gasteiger charge is 2.16. The average Bonchev–Trinajstić information content (AvgIpc) is 2.22. The molecule has 15 heavy (non-hydrogen) atoms. The molecular formula is C13H20N2. The lowest BCUT2D eigenvalue weighted by Crippen LogP contribution is -2.33. The topological polar surface area (TPSA) is 16.1 Å². The van der Waals surface area contributed by atoms with Gasteiger partial charge in [-0.1, -0.05) is 13.0 Å². The molecule has 1 fully saturated rings. The van der Waals surface area contributed by atoms with E-state index in [0.29, 0.717) is 0 Å². The van der Waals surface area contributed by atoms with E-state index in [1.165, 1.54) is 37.2 Å². The molecule has 1 aromatic rings. The Labute approximate surface area is 92.3 Å². The van der Waals surface area contributed by atoms with Gasteiger partial charge >= 0.3 is 0 Å². The summed E-state index contributed by atoms with van der Waals surface area (Å²) in [5.74, 6) is 0.857. The van der Waals surface area contributed by atoms with Gasteiger partial charge in [-0.2, -0.15) is 0 Å². The summed E-state index contributed by atoms with van der Waals surface area (Å²) >= 11 is 0. The summed E-state index contributed by atoms with van der Waals surface area (Å²) < 4.78 is 0. The molecule has 82 valence electrons. The molecule has 0 aromatic carbocycles. The first-order chi connectivity index (χ1) is 7.25. The first-order valence-corrected chi connectivity index (χ1v) is 5.88. The summed E-state index contributed by atoms with van der Waals surface area (Å²) in [7, 11) is 0. The molecule has 1 aliphatic rings. The summed E-state index contributed by atoms with van der Waals surface area (Å²) in [4.78, 5) is 6.89. The van der Waals surface area contributed by atoms with Crippen molar-refractivity contribution in [3.05, 3.63) is 29.6 Å². The number of piperidine rings is 1. The van der Waals surface area contributed by atoms with Gasteiger partial charge in [-0.15, -0.1) is 0 Å². The molecule has 2 rings (SSSR count). The van der Waals surface area contributed by atoms with Crippen molar-refractivity contribution < 1.29 is 0 Å². The second kappa shape index (κ2) is 4.75. The minimum atomic E-state index is 0.857. The molecule has 0 amide bonds. The van der Waals surface area contributed by atoms with Crippen molar-refractivity contribution >= 4 is 0 Å². The number of hydrogen-bond donors (Lipinski definition) is 0. The van der Waals surface area contributed by atoms with E-state index < -0.39 is 0 Å². The van der Waals surface area contributed by atoms with Crippen LogP contribution in [0.5, 0.6) is 0 Å². The summed E-state index contributed by atoms with van der Waals surface area (Å²) in [6.07, 6.45) is 4.61. The van der Waals surface area contributed by atoms with E-state index in [2.05, 4.69) is 29.8 Å². The predicted octanol–water partition coefficient (Wildman–Crippen LogP) is 2.62. The zero-order valence-electron chi connectivity index (χ0n) is 9.74. The molecule has 1 aromatic heterocycles. The Kier molecular flexibility index (Phi) is 3.37. The normalized spacial score (nSPS) is 22.9. The Bertz CT molecular complexity index is 322. The largest absolute Gasteiger partial charge is 0.299 e. The molecule has 2 heteroatoms. The van der Waals surface area contributed by atoms with E-state index in [9.17, 15) is 0 Å². The lowest BCUT2D eigenvalue weighted by Gasteiger charge is -2.31. The van der Waals surface area contributed by atoms with Gasteiger partial charge in [0, 0.05) is 25.0 Å². The molecule has 0 aliphatic carbocycles. The maximum absolute atomic E-state index is 4.34. The van der Waals surface area contributed by atoms with E-state index in [4.69, 9.17) is 0 Å². The van der Waals surface area contributed by atoms with Crippen LogP contribution in [0.2, 0.25) is 0 Å². The number of aromatic nitrogens is 1. The van der Waals surface area contributed by atoms with Crippen molar-refractivity contribution in [2.45, 2.75) is 33.2 Å². The van der Waals surface area contributed by atoms with Crippen molar-refractivity contribution in [1.29, 1.82) is 0 Å². The van der Waals surface area contributed by atoms with E-state index in [1.807, 2.05) is 12.3 Å². The number of rotatable bonds is 2. The molecule has 1 atom stereocenters. The van der Waals surface area contributed by atoms with Crippen LogP contribution in [0.4, 0.5) is 0 Å². The Morgan fingerprint density at radius 1 is 1.53 bits per heavy atom. The van der Waals surface area contributed by atoms with Crippen LogP contribution < -0.4 is 0 Å². The van der Waals surface area contributed by atoms with Gasteiger partial charge < -0.3 is 0 Å². The van der Waals surface area contributed by atoms with Crippen LogP contribution >= 0.6 is 0 Å². The quantitative estimate of drug-likeness (QED) is 0.736. The van der Waals surface area contributed by atoms with Crippen LogP contribution in [0.1, 0.15) is 31.0 Å². The fraction of sp³-hybridized carbons (Fsp3) is 0.615. The van der Waals surface area contributed by atoms with E-state index in [1.54, 1.807) is 0 Å². The van der Waals surface area contributed by atoms with Crippen molar-refractivity contribution in [3.8, 4) is 0 Å². The smallest absolute Gasteiger partial charge is 0.0417 e. The molecule has 0 saturated carbocycles. The number of nitrogens with zero attached hydrogens (tertiary/aromatic N) is 2. The number of hydrogen-bond acceptors (Lipinski definition) is 2. The Morgan fingerprint density at radius 2 is 2.40 bits per heavy atom. The highest BCUT2D eigenvalue weighted by atomic mass is 15.1. The van der Waals surface area contributed by atoms with Crippen LogP contribution in [0.15, 0.2) is 18.3 Å². The molecule has 0 radical (unpaired) electrons. The summed E-state index contributed by atoms with van der Waals surface area (Å²) in [5.41, 5.74) is 2.56. The van der Waals surface area contributed by atoms with Crippen molar-refractivity contribution in [3.63, 3.8) is 0 Å². The lowest BCUT2D eigenvalue weighted by molar-refractivity contribution is 0.176. The zero-order chi connectivity index (χ0) is 10.7. The molecular weight excluding hydrogens is 184 g/mol. The van der Waals surface area contributed by atoms with Crippen LogP contribution in [-0.4, -0.2) is 23.0 Å². The van der Waals surface area contributed by atoms with Crippen molar-refractivity contribution in [2.75, 3.05) is 13.1 Å². The highest BCUT2D eigenvalue weighted by molar-refractivity contribution is 5.18. The second-order valence-corrected chi connectivity index (χ2v) is 4.73. The van der Waals surface area contributed by atoms with Gasteiger partial charge in [0.05, 0.1) is 0 Å². The first kappa shape index (κ1) is 10.6. The van der Waals surface area contributed by atoms with Crippen LogP contribution in [0.25, 0.3) is 0 Å². The van der Waals surface area contributed by atoms with Gasteiger partial charge in [-0.05, 0) is 43.9 Å². The summed E-state index contributed by atoms with van der Waals surface area (Å²) in [5, 5.41) is 0. The molecule has 0 bridgehead atoms. The standard InChI is InChI=1S/C13H20N2/c1-11-5-4-8-15(9-11)10-13-6-3-7-14-12(13)2/h3,6-7,11H,4-5,8-10H2,1-2H3. The van der Waals surface area contributed by atoms with Gasteiger partial charge in [0.15, 0.2) is 0 Å². The second-order valence-electron chi connectivity index (χ2n) is 4.73. The molecule has 1 unspecified atom stereocenters. The van der Waals surface area contributed by atoms with Crippen molar-refractivity contribution in [1.82, 2.24) is 9.88 Å². The van der Waals surface area contributed by atoms with E-state index >= 15 is 0 Å². The van der Waals surface area contributed by atoms with Gasteiger partial charge in [-0.25, -0.2) is 0 Å². The van der Waals surface area contributed by atoms with Gasteiger partial charge in [0.25, 0.3) is 0 Å². The van der Waals surface area contributed by atoms with E-state index in [0.717, 1.165) is 12.5 Å². The third-order valence-corrected chi connectivity index (χ3v) is 3.25. The third kappa shape index (κ3) is 2.78. The SMILES string of the molecule is Cc1ncccc1CN1CCCC(C)C1. The Hall–Kier alpha value is -0.890. The maximum atomic E-state index is 4.34. The Morgan fingerprint density at radius 3 is 3.13 bits per heavy atom. The predicted molar refractivity (Wildman–Crippen MR) is 62.6 cm³/mol. The summed E-state index contributed by atoms with van der Waals surface area (Å²) in [6, 6.07) is 4.23. The third-order valence-electron chi connectivity index (χ3n) is 3.25. The fourth-order valence-corrected chi connectivity index (χ4v) is 2.36. The molecule has 2 nitrogen and oxygen atoms in total. The Balaban J connectivity index is 1.99. The van der Waals surface area contributed by atoms with Crippen LogP contribution in [0.3, 0.4) is 0 Å². The molecule has 2 heterocycles. The number of aryl methyl sites for hydroxylation is 1. The molecule has 1 saturated heterocycles. The molecule has 0 N–H and O–H groups in total. The highest BCUT2D eigenvalue weighted by Crippen LogP contribution is 2.18. The van der Waals surface area contributed by atoms with Gasteiger partial charge in [0.2, 0.25) is 0 Å². The number of pyridine rings is 1. The monoisotopic (exact) mass is 204 g/mol. The van der Waals surface area contributed by atoms with Crippen LogP contribution in [0, 0.1) is 12.8 Å². The lowest BCUT2D eigenvalue weighted by atomic mass is 10.00. The number of likely N-dealkylation sites (tertiary alicyclic amines) is 1. The minimum absolute atomic E-state index is 0.857.